The van der Waals surface area contributed by atoms with E-state index in [0.717, 1.165) is 10.0 Å². The molecule has 0 heterocycles. The number of rotatable bonds is 5. The van der Waals surface area contributed by atoms with Crippen LogP contribution in [0.5, 0.6) is 0 Å². The molecule has 8 heteroatoms. The molecule has 28 heavy (non-hydrogen) atoms. The largest absolute Gasteiger partial charge is 0.322 e. The number of aryl methyl sites for hydroxylation is 1. The molecule has 3 aromatic carbocycles. The van der Waals surface area contributed by atoms with Crippen molar-refractivity contribution in [1.29, 1.82) is 0 Å². The zero-order valence-electron chi connectivity index (χ0n) is 14.7. The van der Waals surface area contributed by atoms with Crippen LogP contribution in [0.2, 0.25) is 5.02 Å². The van der Waals surface area contributed by atoms with E-state index in [4.69, 9.17) is 11.6 Å². The lowest BCUT2D eigenvalue weighted by Crippen LogP contribution is -2.16. The molecule has 0 unspecified atom stereocenters. The quantitative estimate of drug-likeness (QED) is 0.510. The monoisotopic (exact) mass is 478 g/mol. The van der Waals surface area contributed by atoms with Gasteiger partial charge in [0.15, 0.2) is 0 Å². The highest BCUT2D eigenvalue weighted by atomic mass is 79.9. The molecule has 1 amide bonds. The first-order valence-electron chi connectivity index (χ1n) is 8.20. The topological polar surface area (TPSA) is 75.3 Å². The molecule has 0 saturated heterocycles. The highest BCUT2D eigenvalue weighted by molar-refractivity contribution is 9.10. The number of halogens is 2. The fraction of sp³-hybridized carbons (Fsp3) is 0.0500. The van der Waals surface area contributed by atoms with Crippen LogP contribution in [-0.4, -0.2) is 14.3 Å². The number of hydrogen-bond acceptors (Lipinski definition) is 3. The molecule has 0 aliphatic rings. The molecular weight excluding hydrogens is 464 g/mol. The summed E-state index contributed by atoms with van der Waals surface area (Å²) >= 11 is 9.42. The summed E-state index contributed by atoms with van der Waals surface area (Å²) in [5.74, 6) is -0.439. The van der Waals surface area contributed by atoms with E-state index in [1.165, 1.54) is 18.2 Å². The van der Waals surface area contributed by atoms with Crippen molar-refractivity contribution in [1.82, 2.24) is 0 Å². The minimum Gasteiger partial charge on any atom is -0.322 e. The van der Waals surface area contributed by atoms with Crippen LogP contribution in [0, 0.1) is 6.92 Å². The first-order valence-corrected chi connectivity index (χ1v) is 10.9. The van der Waals surface area contributed by atoms with Gasteiger partial charge in [-0.2, -0.15) is 0 Å². The van der Waals surface area contributed by atoms with Gasteiger partial charge in [-0.15, -0.1) is 0 Å². The summed E-state index contributed by atoms with van der Waals surface area (Å²) < 4.78 is 28.8. The Morgan fingerprint density at radius 1 is 0.929 bits per heavy atom. The minimum atomic E-state index is -3.96. The second-order valence-electron chi connectivity index (χ2n) is 6.08. The molecule has 0 radical (unpaired) electrons. The summed E-state index contributed by atoms with van der Waals surface area (Å²) in [7, 11) is -3.96. The van der Waals surface area contributed by atoms with E-state index in [2.05, 4.69) is 26.0 Å². The zero-order valence-corrected chi connectivity index (χ0v) is 17.9. The van der Waals surface area contributed by atoms with Crippen molar-refractivity contribution in [3.05, 3.63) is 87.4 Å². The van der Waals surface area contributed by atoms with Crippen molar-refractivity contribution in [2.24, 2.45) is 0 Å². The number of benzene rings is 3. The summed E-state index contributed by atoms with van der Waals surface area (Å²) in [6.45, 7) is 1.91. The SMILES string of the molecule is Cc1ccc(NS(=O)(=O)c2cc(C(=O)Nc3ccc(Br)cc3)ccc2Cl)cc1. The fourth-order valence-corrected chi connectivity index (χ4v) is 4.27. The van der Waals surface area contributed by atoms with Gasteiger partial charge in [0.2, 0.25) is 0 Å². The fourth-order valence-electron chi connectivity index (χ4n) is 2.42. The van der Waals surface area contributed by atoms with E-state index in [1.807, 2.05) is 6.92 Å². The summed E-state index contributed by atoms with van der Waals surface area (Å²) in [5.41, 5.74) is 2.18. The van der Waals surface area contributed by atoms with Gasteiger partial charge in [-0.25, -0.2) is 8.42 Å². The normalized spacial score (nSPS) is 11.1. The Hall–Kier alpha value is -2.35. The number of carbonyl (C=O) groups excluding carboxylic acids is 1. The van der Waals surface area contributed by atoms with Crippen LogP contribution >= 0.6 is 27.5 Å². The second kappa shape index (κ2) is 8.34. The second-order valence-corrected chi connectivity index (χ2v) is 9.05. The van der Waals surface area contributed by atoms with Crippen molar-refractivity contribution in [3.8, 4) is 0 Å². The number of nitrogens with one attached hydrogen (secondary N) is 2. The maximum atomic E-state index is 12.7. The Labute approximate surface area is 176 Å². The molecule has 0 aliphatic carbocycles. The van der Waals surface area contributed by atoms with E-state index in [1.54, 1.807) is 48.5 Å². The van der Waals surface area contributed by atoms with E-state index in [9.17, 15) is 13.2 Å². The van der Waals surface area contributed by atoms with Crippen LogP contribution in [0.4, 0.5) is 11.4 Å². The van der Waals surface area contributed by atoms with E-state index < -0.39 is 15.9 Å². The summed E-state index contributed by atoms with van der Waals surface area (Å²) in [5, 5.41) is 2.75. The van der Waals surface area contributed by atoms with Gasteiger partial charge in [-0.3, -0.25) is 9.52 Å². The van der Waals surface area contributed by atoms with Gasteiger partial charge >= 0.3 is 0 Å². The molecular formula is C20H16BrClN2O3S. The third-order valence-electron chi connectivity index (χ3n) is 3.89. The number of amides is 1. The first-order chi connectivity index (χ1) is 13.2. The zero-order chi connectivity index (χ0) is 20.3. The lowest BCUT2D eigenvalue weighted by Gasteiger charge is -2.12. The third-order valence-corrected chi connectivity index (χ3v) is 6.28. The summed E-state index contributed by atoms with van der Waals surface area (Å²) in [6, 6.07) is 18.1. The predicted molar refractivity (Wildman–Crippen MR) is 116 cm³/mol. The van der Waals surface area contributed by atoms with Crippen LogP contribution in [0.1, 0.15) is 15.9 Å². The first kappa shape index (κ1) is 20.4. The third kappa shape index (κ3) is 4.92. The lowest BCUT2D eigenvalue weighted by molar-refractivity contribution is 0.102. The predicted octanol–water partition coefficient (Wildman–Crippen LogP) is 5.46. The van der Waals surface area contributed by atoms with Gasteiger partial charge in [0.1, 0.15) is 4.90 Å². The van der Waals surface area contributed by atoms with Crippen molar-refractivity contribution >= 4 is 54.8 Å². The maximum absolute atomic E-state index is 12.7. The Balaban J connectivity index is 1.86. The van der Waals surface area contributed by atoms with Crippen molar-refractivity contribution in [3.63, 3.8) is 0 Å². The molecule has 3 aromatic rings. The van der Waals surface area contributed by atoms with Crippen LogP contribution in [-0.2, 0) is 10.0 Å². The van der Waals surface area contributed by atoms with Gasteiger partial charge in [-0.1, -0.05) is 45.2 Å². The Kier molecular flexibility index (Phi) is 6.07. The number of anilines is 2. The van der Waals surface area contributed by atoms with Crippen LogP contribution < -0.4 is 10.0 Å². The van der Waals surface area contributed by atoms with E-state index in [0.29, 0.717) is 11.4 Å². The van der Waals surface area contributed by atoms with Gasteiger partial charge in [-0.05, 0) is 61.5 Å². The molecule has 144 valence electrons. The molecule has 0 aliphatic heterocycles. The molecule has 0 atom stereocenters. The minimum absolute atomic E-state index is 0.0276. The van der Waals surface area contributed by atoms with Gasteiger partial charge < -0.3 is 5.32 Å². The average molecular weight is 480 g/mol. The molecule has 2 N–H and O–H groups in total. The van der Waals surface area contributed by atoms with Gasteiger partial charge in [0.05, 0.1) is 5.02 Å². The van der Waals surface area contributed by atoms with Crippen LogP contribution in [0.15, 0.2) is 76.1 Å². The summed E-state index contributed by atoms with van der Waals surface area (Å²) in [4.78, 5) is 12.3. The van der Waals surface area contributed by atoms with Gasteiger partial charge in [0, 0.05) is 21.4 Å². The molecule has 0 fully saturated rings. The Bertz CT molecular complexity index is 1120. The van der Waals surface area contributed by atoms with Crippen LogP contribution in [0.25, 0.3) is 0 Å². The maximum Gasteiger partial charge on any atom is 0.263 e. The molecule has 0 bridgehead atoms. The van der Waals surface area contributed by atoms with Crippen molar-refractivity contribution in [2.45, 2.75) is 11.8 Å². The lowest BCUT2D eigenvalue weighted by atomic mass is 10.2. The number of carbonyl (C=O) groups is 1. The molecule has 0 saturated carbocycles. The molecule has 5 nitrogen and oxygen atoms in total. The summed E-state index contributed by atoms with van der Waals surface area (Å²) in [6.07, 6.45) is 0. The molecule has 0 spiro atoms. The standard InChI is InChI=1S/C20H16BrClN2O3S/c1-13-2-7-17(8-3-13)24-28(26,27)19-12-14(4-11-18(19)22)20(25)23-16-9-5-15(21)6-10-16/h2-12,24H,1H3,(H,23,25). The Morgan fingerprint density at radius 2 is 1.54 bits per heavy atom. The Morgan fingerprint density at radius 3 is 2.18 bits per heavy atom. The van der Waals surface area contributed by atoms with Crippen molar-refractivity contribution in [2.75, 3.05) is 10.0 Å². The smallest absolute Gasteiger partial charge is 0.263 e. The average Bonchev–Trinajstić information content (AvgIpc) is 2.65. The number of sulfonamides is 1. The van der Waals surface area contributed by atoms with Crippen LogP contribution in [0.3, 0.4) is 0 Å². The van der Waals surface area contributed by atoms with Crippen molar-refractivity contribution < 1.29 is 13.2 Å². The molecule has 3 rings (SSSR count). The van der Waals surface area contributed by atoms with E-state index in [-0.39, 0.29) is 15.5 Å². The highest BCUT2D eigenvalue weighted by Crippen LogP contribution is 2.26. The van der Waals surface area contributed by atoms with Gasteiger partial charge in [0.25, 0.3) is 15.9 Å². The van der Waals surface area contributed by atoms with E-state index >= 15 is 0 Å². The highest BCUT2D eigenvalue weighted by Gasteiger charge is 2.20. The number of hydrogen-bond donors (Lipinski definition) is 2. The molecule has 0 aromatic heterocycles.